The molecule has 0 heterocycles. The summed E-state index contributed by atoms with van der Waals surface area (Å²) in [5, 5.41) is 18.6. The van der Waals surface area contributed by atoms with Crippen LogP contribution in [0.4, 0.5) is 13.2 Å². The lowest BCUT2D eigenvalue weighted by Gasteiger charge is -2.16. The first-order valence-corrected chi connectivity index (χ1v) is 4.60. The van der Waals surface area contributed by atoms with Crippen molar-refractivity contribution in [1.82, 2.24) is 0 Å². The highest BCUT2D eigenvalue weighted by Gasteiger charge is 2.35. The number of phenols is 2. The number of benzene rings is 1. The molecule has 0 saturated carbocycles. The van der Waals surface area contributed by atoms with Crippen LogP contribution >= 0.6 is 0 Å². The molecule has 0 aromatic heterocycles. The van der Waals surface area contributed by atoms with Crippen LogP contribution in [0.3, 0.4) is 0 Å². The topological polar surface area (TPSA) is 66.5 Å². The van der Waals surface area contributed by atoms with E-state index in [1.54, 1.807) is 6.92 Å². The molecule has 1 rings (SSSR count). The second kappa shape index (κ2) is 4.21. The minimum absolute atomic E-state index is 0.00479. The van der Waals surface area contributed by atoms with Crippen LogP contribution in [0.1, 0.15) is 24.0 Å². The maximum Gasteiger partial charge on any atom is 0.420 e. The molecule has 0 aliphatic rings. The maximum absolute atomic E-state index is 12.5. The summed E-state index contributed by atoms with van der Waals surface area (Å²) in [4.78, 5) is 0. The van der Waals surface area contributed by atoms with Crippen LogP contribution < -0.4 is 5.73 Å². The van der Waals surface area contributed by atoms with Crippen molar-refractivity contribution in [3.8, 4) is 11.5 Å². The number of halogens is 3. The highest BCUT2D eigenvalue weighted by Crippen LogP contribution is 2.41. The fraction of sp³-hybridized carbons (Fsp3) is 0.400. The molecule has 6 heteroatoms. The van der Waals surface area contributed by atoms with E-state index < -0.39 is 29.2 Å². The van der Waals surface area contributed by atoms with E-state index in [2.05, 4.69) is 0 Å². The molecular formula is C10H12F3NO2. The molecule has 3 nitrogen and oxygen atoms in total. The summed E-state index contributed by atoms with van der Waals surface area (Å²) >= 11 is 0. The van der Waals surface area contributed by atoms with Gasteiger partial charge in [0, 0.05) is 5.56 Å². The van der Waals surface area contributed by atoms with Gasteiger partial charge >= 0.3 is 6.18 Å². The Labute approximate surface area is 90.3 Å². The van der Waals surface area contributed by atoms with E-state index in [-0.39, 0.29) is 12.1 Å². The van der Waals surface area contributed by atoms with E-state index in [1.165, 1.54) is 0 Å². The Kier molecular flexibility index (Phi) is 3.32. The van der Waals surface area contributed by atoms with Crippen LogP contribution in [-0.4, -0.2) is 16.8 Å². The second-order valence-corrected chi connectivity index (χ2v) is 3.57. The summed E-state index contributed by atoms with van der Waals surface area (Å²) in [6.07, 6.45) is -4.70. The van der Waals surface area contributed by atoms with Gasteiger partial charge in [0.05, 0.1) is 0 Å². The Morgan fingerprint density at radius 3 is 2.31 bits per heavy atom. The van der Waals surface area contributed by atoms with Crippen LogP contribution in [0.25, 0.3) is 0 Å². The molecule has 0 bridgehead atoms. The Morgan fingerprint density at radius 2 is 1.88 bits per heavy atom. The number of hydrogen-bond donors (Lipinski definition) is 3. The van der Waals surface area contributed by atoms with Crippen molar-refractivity contribution in [3.05, 3.63) is 23.3 Å². The molecule has 0 amide bonds. The quantitative estimate of drug-likeness (QED) is 0.688. The van der Waals surface area contributed by atoms with Gasteiger partial charge < -0.3 is 15.9 Å². The molecule has 90 valence electrons. The summed E-state index contributed by atoms with van der Waals surface area (Å²) in [5.74, 6) is -1.88. The number of alkyl halides is 3. The second-order valence-electron chi connectivity index (χ2n) is 3.57. The van der Waals surface area contributed by atoms with E-state index in [0.29, 0.717) is 6.07 Å². The molecule has 0 saturated heterocycles. The molecule has 0 aliphatic heterocycles. The number of hydrogen-bond acceptors (Lipinski definition) is 3. The van der Waals surface area contributed by atoms with E-state index in [0.717, 1.165) is 6.07 Å². The third-order valence-corrected chi connectivity index (χ3v) is 2.31. The van der Waals surface area contributed by atoms with Crippen LogP contribution in [0, 0.1) is 0 Å². The van der Waals surface area contributed by atoms with Crippen molar-refractivity contribution >= 4 is 0 Å². The van der Waals surface area contributed by atoms with Crippen molar-refractivity contribution in [2.24, 2.45) is 5.73 Å². The van der Waals surface area contributed by atoms with Crippen LogP contribution in [-0.2, 0) is 6.18 Å². The molecule has 1 unspecified atom stereocenters. The van der Waals surface area contributed by atoms with Crippen molar-refractivity contribution in [3.63, 3.8) is 0 Å². The standard InChI is InChI=1S/C10H12F3NO2/c1-5(4-14)7-2-6(15)3-8(9(7)16)10(11,12)13/h2-3,5,15-16H,4,14H2,1H3. The summed E-state index contributed by atoms with van der Waals surface area (Å²) in [6, 6.07) is 1.57. The number of rotatable bonds is 2. The highest BCUT2D eigenvalue weighted by molar-refractivity contribution is 5.48. The zero-order valence-corrected chi connectivity index (χ0v) is 8.54. The maximum atomic E-state index is 12.5. The summed E-state index contributed by atoms with van der Waals surface area (Å²) < 4.78 is 37.4. The van der Waals surface area contributed by atoms with E-state index in [1.807, 2.05) is 0 Å². The van der Waals surface area contributed by atoms with E-state index >= 15 is 0 Å². The first-order valence-electron chi connectivity index (χ1n) is 4.60. The minimum Gasteiger partial charge on any atom is -0.508 e. The number of aromatic hydroxyl groups is 2. The first-order chi connectivity index (χ1) is 7.27. The average Bonchev–Trinajstić information content (AvgIpc) is 2.18. The Bertz CT molecular complexity index is 390. The monoisotopic (exact) mass is 235 g/mol. The van der Waals surface area contributed by atoms with Crippen molar-refractivity contribution in [2.45, 2.75) is 19.0 Å². The fourth-order valence-electron chi connectivity index (χ4n) is 1.36. The van der Waals surface area contributed by atoms with Gasteiger partial charge in [-0.1, -0.05) is 6.92 Å². The molecule has 1 aromatic rings. The van der Waals surface area contributed by atoms with Gasteiger partial charge in [0.2, 0.25) is 0 Å². The molecule has 1 atom stereocenters. The predicted molar refractivity (Wildman–Crippen MR) is 52.2 cm³/mol. The Morgan fingerprint density at radius 1 is 1.31 bits per heavy atom. The largest absolute Gasteiger partial charge is 0.508 e. The average molecular weight is 235 g/mol. The predicted octanol–water partition coefficient (Wildman–Crippen LogP) is 2.18. The third kappa shape index (κ3) is 2.38. The lowest BCUT2D eigenvalue weighted by Crippen LogP contribution is -2.12. The molecule has 0 fully saturated rings. The van der Waals surface area contributed by atoms with Gasteiger partial charge in [0.15, 0.2) is 0 Å². The fourth-order valence-corrected chi connectivity index (χ4v) is 1.36. The highest BCUT2D eigenvalue weighted by atomic mass is 19.4. The lowest BCUT2D eigenvalue weighted by atomic mass is 9.97. The molecule has 16 heavy (non-hydrogen) atoms. The summed E-state index contributed by atoms with van der Waals surface area (Å²) in [7, 11) is 0. The molecule has 0 radical (unpaired) electrons. The van der Waals surface area contributed by atoms with Gasteiger partial charge in [-0.25, -0.2) is 0 Å². The van der Waals surface area contributed by atoms with Gasteiger partial charge in [0.25, 0.3) is 0 Å². The first kappa shape index (κ1) is 12.6. The SMILES string of the molecule is CC(CN)c1cc(O)cc(C(F)(F)F)c1O. The summed E-state index contributed by atoms with van der Waals surface area (Å²) in [6.45, 7) is 1.64. The van der Waals surface area contributed by atoms with E-state index in [4.69, 9.17) is 5.73 Å². The van der Waals surface area contributed by atoms with Crippen LogP contribution in [0.15, 0.2) is 12.1 Å². The molecule has 1 aromatic carbocycles. The van der Waals surface area contributed by atoms with Gasteiger partial charge in [-0.15, -0.1) is 0 Å². The Hall–Kier alpha value is -1.43. The van der Waals surface area contributed by atoms with Crippen molar-refractivity contribution < 1.29 is 23.4 Å². The number of phenolic OH excluding ortho intramolecular Hbond substituents is 2. The molecule has 0 spiro atoms. The zero-order chi connectivity index (χ0) is 12.5. The molecule has 0 aliphatic carbocycles. The smallest absolute Gasteiger partial charge is 0.420 e. The van der Waals surface area contributed by atoms with Gasteiger partial charge in [-0.2, -0.15) is 13.2 Å². The van der Waals surface area contributed by atoms with Crippen LogP contribution in [0.2, 0.25) is 0 Å². The van der Waals surface area contributed by atoms with Crippen molar-refractivity contribution in [2.75, 3.05) is 6.54 Å². The minimum atomic E-state index is -4.70. The Balaban J connectivity index is 3.38. The lowest BCUT2D eigenvalue weighted by molar-refractivity contribution is -0.138. The molecule has 4 N–H and O–H groups in total. The summed E-state index contributed by atoms with van der Waals surface area (Å²) in [5.41, 5.74) is 4.06. The zero-order valence-electron chi connectivity index (χ0n) is 8.54. The van der Waals surface area contributed by atoms with Gasteiger partial charge in [-0.3, -0.25) is 0 Å². The van der Waals surface area contributed by atoms with Gasteiger partial charge in [-0.05, 0) is 24.6 Å². The number of nitrogens with two attached hydrogens (primary N) is 1. The third-order valence-electron chi connectivity index (χ3n) is 2.31. The normalized spacial score (nSPS) is 13.8. The van der Waals surface area contributed by atoms with E-state index in [9.17, 15) is 23.4 Å². The van der Waals surface area contributed by atoms with Crippen molar-refractivity contribution in [1.29, 1.82) is 0 Å². The van der Waals surface area contributed by atoms with Crippen LogP contribution in [0.5, 0.6) is 11.5 Å². The van der Waals surface area contributed by atoms with Gasteiger partial charge in [0.1, 0.15) is 17.1 Å². The molecular weight excluding hydrogens is 223 g/mol.